The molecule has 2 N–H and O–H groups in total. The third-order valence-electron chi connectivity index (χ3n) is 3.96. The lowest BCUT2D eigenvalue weighted by Crippen LogP contribution is -2.27. The predicted octanol–water partition coefficient (Wildman–Crippen LogP) is 0.864. The maximum atomic E-state index is 11.9. The molecule has 1 amide bonds. The molecule has 2 aliphatic carbocycles. The number of nitrogens with zero attached hydrogens (tertiary/aromatic N) is 1. The van der Waals surface area contributed by atoms with Crippen LogP contribution in [0.15, 0.2) is 18.5 Å². The van der Waals surface area contributed by atoms with E-state index in [4.69, 9.17) is 5.11 Å². The van der Waals surface area contributed by atoms with E-state index in [1.165, 1.54) is 0 Å². The van der Waals surface area contributed by atoms with Crippen LogP contribution in [0.2, 0.25) is 0 Å². The minimum Gasteiger partial charge on any atom is -0.481 e. The first-order valence-corrected chi connectivity index (χ1v) is 6.22. The lowest BCUT2D eigenvalue weighted by atomic mass is 10.2. The van der Waals surface area contributed by atoms with E-state index in [0.717, 1.165) is 12.8 Å². The summed E-state index contributed by atoms with van der Waals surface area (Å²) in [6.07, 6.45) is 5.31. The van der Waals surface area contributed by atoms with Crippen LogP contribution in [0.3, 0.4) is 0 Å². The molecule has 0 spiro atoms. The van der Waals surface area contributed by atoms with Gasteiger partial charge in [-0.25, -0.2) is 0 Å². The normalized spacial score (nSPS) is 32.9. The van der Waals surface area contributed by atoms with Crippen molar-refractivity contribution in [2.24, 2.45) is 24.8 Å². The van der Waals surface area contributed by atoms with Crippen LogP contribution in [0.5, 0.6) is 0 Å². The fourth-order valence-electron chi connectivity index (χ4n) is 2.71. The Morgan fingerprint density at radius 3 is 2.72 bits per heavy atom. The summed E-state index contributed by atoms with van der Waals surface area (Å²) in [5.74, 6) is -0.272. The average Bonchev–Trinajstić information content (AvgIpc) is 3.17. The van der Waals surface area contributed by atoms with Gasteiger partial charge in [-0.2, -0.15) is 0 Å². The second-order valence-electron chi connectivity index (χ2n) is 5.39. The molecule has 2 fully saturated rings. The van der Waals surface area contributed by atoms with Crippen LogP contribution in [-0.2, 0) is 11.8 Å². The van der Waals surface area contributed by atoms with Crippen LogP contribution >= 0.6 is 0 Å². The van der Waals surface area contributed by atoms with E-state index in [2.05, 4.69) is 5.32 Å². The number of aliphatic carboxylic acids is 1. The van der Waals surface area contributed by atoms with E-state index in [-0.39, 0.29) is 23.8 Å². The molecule has 96 valence electrons. The average molecular weight is 248 g/mol. The largest absolute Gasteiger partial charge is 0.481 e. The van der Waals surface area contributed by atoms with Gasteiger partial charge in [0.1, 0.15) is 0 Å². The Labute approximate surface area is 105 Å². The summed E-state index contributed by atoms with van der Waals surface area (Å²) in [5.41, 5.74) is 0.661. The topological polar surface area (TPSA) is 71.3 Å². The molecule has 2 aliphatic rings. The van der Waals surface area contributed by atoms with Crippen molar-refractivity contribution in [1.82, 2.24) is 9.88 Å². The number of hydrogen-bond acceptors (Lipinski definition) is 2. The van der Waals surface area contributed by atoms with E-state index in [1.54, 1.807) is 12.3 Å². The highest BCUT2D eigenvalue weighted by atomic mass is 16.4. The molecule has 1 aromatic rings. The maximum Gasteiger partial charge on any atom is 0.306 e. The Hall–Kier alpha value is -1.78. The van der Waals surface area contributed by atoms with Gasteiger partial charge < -0.3 is 15.0 Å². The quantitative estimate of drug-likeness (QED) is 0.830. The molecule has 0 aromatic carbocycles. The van der Waals surface area contributed by atoms with Crippen molar-refractivity contribution in [2.45, 2.75) is 18.9 Å². The molecule has 5 nitrogen and oxygen atoms in total. The number of aryl methyl sites for hydroxylation is 1. The monoisotopic (exact) mass is 248 g/mol. The maximum absolute atomic E-state index is 11.9. The van der Waals surface area contributed by atoms with Gasteiger partial charge in [-0.05, 0) is 30.7 Å². The molecule has 2 saturated carbocycles. The summed E-state index contributed by atoms with van der Waals surface area (Å²) in [5, 5.41) is 11.8. The van der Waals surface area contributed by atoms with Crippen molar-refractivity contribution in [3.63, 3.8) is 0 Å². The lowest BCUT2D eigenvalue weighted by Gasteiger charge is -2.02. The molecule has 0 aliphatic heterocycles. The van der Waals surface area contributed by atoms with Crippen molar-refractivity contribution >= 4 is 11.9 Å². The van der Waals surface area contributed by atoms with Gasteiger partial charge in [-0.3, -0.25) is 9.59 Å². The number of amides is 1. The Bertz CT molecular complexity index is 508. The van der Waals surface area contributed by atoms with Crippen molar-refractivity contribution < 1.29 is 14.7 Å². The second kappa shape index (κ2) is 3.86. The number of carbonyl (C=O) groups excluding carboxylic acids is 1. The smallest absolute Gasteiger partial charge is 0.306 e. The molecule has 3 rings (SSSR count). The molecule has 0 radical (unpaired) electrons. The zero-order chi connectivity index (χ0) is 12.9. The number of nitrogens with one attached hydrogen (secondary N) is 1. The van der Waals surface area contributed by atoms with Gasteiger partial charge in [-0.1, -0.05) is 0 Å². The molecular weight excluding hydrogens is 232 g/mol. The molecule has 0 saturated heterocycles. The summed E-state index contributed by atoms with van der Waals surface area (Å²) in [6, 6.07) is 1.95. The van der Waals surface area contributed by atoms with Crippen molar-refractivity contribution in [1.29, 1.82) is 0 Å². The number of carboxylic acid groups (broad SMARTS) is 1. The van der Waals surface area contributed by atoms with E-state index in [1.807, 2.05) is 17.8 Å². The highest BCUT2D eigenvalue weighted by Gasteiger charge is 2.56. The highest BCUT2D eigenvalue weighted by molar-refractivity contribution is 5.94. The van der Waals surface area contributed by atoms with E-state index in [0.29, 0.717) is 11.5 Å². The zero-order valence-electron chi connectivity index (χ0n) is 10.2. The van der Waals surface area contributed by atoms with Crippen molar-refractivity contribution in [3.05, 3.63) is 24.0 Å². The molecular formula is C13H16N2O3. The fraction of sp³-hybridized carbons (Fsp3) is 0.538. The summed E-state index contributed by atoms with van der Waals surface area (Å²) < 4.78 is 1.83. The molecule has 1 aromatic heterocycles. The van der Waals surface area contributed by atoms with Crippen LogP contribution in [0.1, 0.15) is 23.2 Å². The van der Waals surface area contributed by atoms with E-state index < -0.39 is 5.97 Å². The SMILES string of the molecule is Cn1ccc(C(=O)N[C@@H]2C[C@@H]2[C@@H]2C[C@@H]2C(=O)O)c1. The van der Waals surface area contributed by atoms with Gasteiger partial charge >= 0.3 is 5.97 Å². The Kier molecular flexibility index (Phi) is 2.43. The van der Waals surface area contributed by atoms with Crippen LogP contribution in [-0.4, -0.2) is 27.6 Å². The van der Waals surface area contributed by atoms with Gasteiger partial charge in [0.2, 0.25) is 0 Å². The molecule has 5 heteroatoms. The number of hydrogen-bond donors (Lipinski definition) is 2. The van der Waals surface area contributed by atoms with Gasteiger partial charge in [0.25, 0.3) is 5.91 Å². The van der Waals surface area contributed by atoms with Gasteiger partial charge in [0, 0.05) is 25.5 Å². The molecule has 0 bridgehead atoms. The number of carbonyl (C=O) groups is 2. The zero-order valence-corrected chi connectivity index (χ0v) is 10.2. The van der Waals surface area contributed by atoms with Crippen LogP contribution < -0.4 is 5.32 Å². The number of carboxylic acids is 1. The van der Waals surface area contributed by atoms with E-state index >= 15 is 0 Å². The Morgan fingerprint density at radius 2 is 2.17 bits per heavy atom. The first-order chi connectivity index (χ1) is 8.56. The number of aromatic nitrogens is 1. The summed E-state index contributed by atoms with van der Waals surface area (Å²) in [4.78, 5) is 22.6. The summed E-state index contributed by atoms with van der Waals surface area (Å²) in [6.45, 7) is 0. The van der Waals surface area contributed by atoms with Gasteiger partial charge in [0.05, 0.1) is 11.5 Å². The van der Waals surface area contributed by atoms with Crippen LogP contribution in [0.4, 0.5) is 0 Å². The summed E-state index contributed by atoms with van der Waals surface area (Å²) >= 11 is 0. The molecule has 4 atom stereocenters. The van der Waals surface area contributed by atoms with Crippen molar-refractivity contribution in [2.75, 3.05) is 0 Å². The lowest BCUT2D eigenvalue weighted by molar-refractivity contribution is -0.138. The summed E-state index contributed by atoms with van der Waals surface area (Å²) in [7, 11) is 1.87. The molecule has 0 unspecified atom stereocenters. The minimum atomic E-state index is -0.694. The minimum absolute atomic E-state index is 0.0596. The predicted molar refractivity (Wildman–Crippen MR) is 64.0 cm³/mol. The van der Waals surface area contributed by atoms with Crippen LogP contribution in [0.25, 0.3) is 0 Å². The molecule has 18 heavy (non-hydrogen) atoms. The first-order valence-electron chi connectivity index (χ1n) is 6.22. The number of rotatable bonds is 4. The molecule has 1 heterocycles. The second-order valence-corrected chi connectivity index (χ2v) is 5.39. The van der Waals surface area contributed by atoms with Gasteiger partial charge in [0.15, 0.2) is 0 Å². The Morgan fingerprint density at radius 1 is 1.39 bits per heavy atom. The standard InChI is InChI=1S/C13H16N2O3/c1-15-3-2-7(6-15)12(16)14-11-5-9(11)8-4-10(8)13(17)18/h2-3,6,8-11H,4-5H2,1H3,(H,14,16)(H,17,18)/t8-,9+,10-,11+/m0/s1. The van der Waals surface area contributed by atoms with Crippen molar-refractivity contribution in [3.8, 4) is 0 Å². The van der Waals surface area contributed by atoms with Gasteiger partial charge in [-0.15, -0.1) is 0 Å². The third-order valence-corrected chi connectivity index (χ3v) is 3.96. The Balaban J connectivity index is 1.51. The first kappa shape index (κ1) is 11.3. The third kappa shape index (κ3) is 2.00. The van der Waals surface area contributed by atoms with Crippen LogP contribution in [0, 0.1) is 17.8 Å². The van der Waals surface area contributed by atoms with E-state index in [9.17, 15) is 9.59 Å². The highest BCUT2D eigenvalue weighted by Crippen LogP contribution is 2.54. The fourth-order valence-corrected chi connectivity index (χ4v) is 2.71.